The monoisotopic (exact) mass is 411 g/mol. The van der Waals surface area contributed by atoms with E-state index in [9.17, 15) is 9.59 Å². The van der Waals surface area contributed by atoms with E-state index in [0.29, 0.717) is 18.6 Å². The van der Waals surface area contributed by atoms with Gasteiger partial charge >= 0.3 is 0 Å². The molecule has 2 atom stereocenters. The van der Waals surface area contributed by atoms with Gasteiger partial charge in [0, 0.05) is 30.8 Å². The lowest BCUT2D eigenvalue weighted by molar-refractivity contribution is -0.125. The number of hydrazone groups is 1. The Hall–Kier alpha value is -2.78. The first kappa shape index (κ1) is 18.3. The Morgan fingerprint density at radius 2 is 2.07 bits per heavy atom. The summed E-state index contributed by atoms with van der Waals surface area (Å²) in [4.78, 5) is 26.0. The van der Waals surface area contributed by atoms with E-state index in [1.807, 2.05) is 46.3 Å². The van der Waals surface area contributed by atoms with Crippen LogP contribution in [0.15, 0.2) is 52.2 Å². The fraction of sp³-hybridized carbons (Fsp3) is 0.350. The van der Waals surface area contributed by atoms with Crippen LogP contribution in [0, 0.1) is 0 Å². The van der Waals surface area contributed by atoms with Crippen molar-refractivity contribution in [2.45, 2.75) is 37.1 Å². The summed E-state index contributed by atoms with van der Waals surface area (Å²) in [7, 11) is 0. The molecule has 2 saturated heterocycles. The Kier molecular flexibility index (Phi) is 4.76. The lowest BCUT2D eigenvalue weighted by Crippen LogP contribution is -2.52. The fourth-order valence-electron chi connectivity index (χ4n) is 3.90. The number of thioether (sulfide) groups is 1. The van der Waals surface area contributed by atoms with E-state index in [-0.39, 0.29) is 23.9 Å². The van der Waals surface area contributed by atoms with Crippen LogP contribution in [0.4, 0.5) is 5.69 Å². The van der Waals surface area contributed by atoms with Gasteiger partial charge in [0.05, 0.1) is 12.3 Å². The third kappa shape index (κ3) is 3.51. The third-order valence-corrected chi connectivity index (χ3v) is 6.44. The predicted molar refractivity (Wildman–Crippen MR) is 110 cm³/mol. The maximum absolute atomic E-state index is 12.2. The molecule has 2 amide bonds. The van der Waals surface area contributed by atoms with E-state index < -0.39 is 0 Å². The number of amides is 2. The van der Waals surface area contributed by atoms with Gasteiger partial charge < -0.3 is 9.32 Å². The van der Waals surface area contributed by atoms with Gasteiger partial charge in [-0.2, -0.15) is 0 Å². The molecule has 150 valence electrons. The molecule has 2 fully saturated rings. The highest BCUT2D eigenvalue weighted by molar-refractivity contribution is 8.13. The molecule has 3 aliphatic rings. The quantitative estimate of drug-likeness (QED) is 0.803. The zero-order valence-electron chi connectivity index (χ0n) is 15.7. The number of rotatable bonds is 4. The molecule has 1 aromatic carbocycles. The van der Waals surface area contributed by atoms with E-state index in [0.717, 1.165) is 35.1 Å². The summed E-state index contributed by atoms with van der Waals surface area (Å²) >= 11 is 1.55. The minimum atomic E-state index is -0.311. The van der Waals surface area contributed by atoms with Gasteiger partial charge in [0.2, 0.25) is 5.91 Å². The van der Waals surface area contributed by atoms with Gasteiger partial charge in [-0.1, -0.05) is 23.9 Å². The van der Waals surface area contributed by atoms with Crippen LogP contribution in [0.25, 0.3) is 0 Å². The lowest BCUT2D eigenvalue weighted by atomic mass is 10.1. The van der Waals surface area contributed by atoms with Gasteiger partial charge in [0.1, 0.15) is 11.8 Å². The molecule has 2 N–H and O–H groups in total. The molecule has 0 aliphatic carbocycles. The molecule has 9 heteroatoms. The van der Waals surface area contributed by atoms with Gasteiger partial charge in [-0.15, -0.1) is 5.10 Å². The Labute approximate surface area is 172 Å². The van der Waals surface area contributed by atoms with Crippen molar-refractivity contribution in [2.24, 2.45) is 5.10 Å². The zero-order valence-corrected chi connectivity index (χ0v) is 16.5. The highest BCUT2D eigenvalue weighted by Crippen LogP contribution is 2.32. The smallest absolute Gasteiger partial charge is 0.264 e. The normalized spacial score (nSPS) is 23.9. The van der Waals surface area contributed by atoms with Crippen LogP contribution in [0.5, 0.6) is 0 Å². The number of hydrogen-bond acceptors (Lipinski definition) is 7. The number of hydrazine groups is 1. The average molecular weight is 411 g/mol. The highest BCUT2D eigenvalue weighted by atomic mass is 32.2. The summed E-state index contributed by atoms with van der Waals surface area (Å²) in [6.07, 6.45) is 3.81. The zero-order chi connectivity index (χ0) is 19.8. The van der Waals surface area contributed by atoms with E-state index in [1.165, 1.54) is 0 Å². The molecule has 3 aliphatic heterocycles. The summed E-state index contributed by atoms with van der Waals surface area (Å²) in [6.45, 7) is 0.794. The van der Waals surface area contributed by atoms with Crippen molar-refractivity contribution in [1.29, 1.82) is 0 Å². The van der Waals surface area contributed by atoms with E-state index >= 15 is 0 Å². The molecule has 0 bridgehead atoms. The Bertz CT molecular complexity index is 944. The maximum Gasteiger partial charge on any atom is 0.264 e. The summed E-state index contributed by atoms with van der Waals surface area (Å²) in [5.74, 6) is 1.59. The number of nitrogens with one attached hydrogen (secondary N) is 2. The predicted octanol–water partition coefficient (Wildman–Crippen LogP) is 2.36. The molecule has 5 rings (SSSR count). The molecule has 0 spiro atoms. The molecular formula is C20H21N5O3S. The van der Waals surface area contributed by atoms with Gasteiger partial charge in [-0.3, -0.25) is 14.6 Å². The molecule has 2 aromatic rings. The summed E-state index contributed by atoms with van der Waals surface area (Å²) in [5.41, 5.74) is 8.05. The molecule has 2 unspecified atom stereocenters. The van der Waals surface area contributed by atoms with Gasteiger partial charge in [0.25, 0.3) is 5.91 Å². The number of carbonyl (C=O) groups is 2. The third-order valence-electron chi connectivity index (χ3n) is 5.41. The molecule has 0 saturated carbocycles. The van der Waals surface area contributed by atoms with Crippen LogP contribution in [0.2, 0.25) is 0 Å². The van der Waals surface area contributed by atoms with Crippen molar-refractivity contribution in [2.75, 3.05) is 11.4 Å². The standard InChI is InChI=1S/C20H21N5O3S/c26-18-4-1-9-24(18)14-7-5-13(6-8-14)12-29-20-22-21-19(27)16-11-15(23-25(16)20)17-3-2-10-28-17/h2-3,5-8,10,15-16,23H,1,4,9,11-12H2,(H,21,27). The highest BCUT2D eigenvalue weighted by Gasteiger charge is 2.42. The minimum absolute atomic E-state index is 0.0538. The molecule has 0 radical (unpaired) electrons. The van der Waals surface area contributed by atoms with Crippen LogP contribution in [0.1, 0.15) is 36.6 Å². The summed E-state index contributed by atoms with van der Waals surface area (Å²) in [6, 6.07) is 11.5. The topological polar surface area (TPSA) is 90.2 Å². The number of carbonyl (C=O) groups excluding carboxylic acids is 2. The SMILES string of the molecule is O=C1NN=C(SCc2ccc(N3CCCC3=O)cc2)N2NC(c3ccco3)CC12. The number of fused-ring (bicyclic) bond motifs is 1. The Balaban J connectivity index is 1.24. The van der Waals surface area contributed by atoms with Crippen molar-refractivity contribution < 1.29 is 14.0 Å². The van der Waals surface area contributed by atoms with Crippen LogP contribution >= 0.6 is 11.8 Å². The van der Waals surface area contributed by atoms with Crippen LogP contribution in [0.3, 0.4) is 0 Å². The van der Waals surface area contributed by atoms with Crippen molar-refractivity contribution in [1.82, 2.24) is 15.9 Å². The van der Waals surface area contributed by atoms with Crippen LogP contribution in [-0.2, 0) is 15.3 Å². The van der Waals surface area contributed by atoms with Gasteiger partial charge in [-0.25, -0.2) is 10.9 Å². The molecule has 8 nitrogen and oxygen atoms in total. The largest absolute Gasteiger partial charge is 0.468 e. The maximum atomic E-state index is 12.2. The number of anilines is 1. The second-order valence-corrected chi connectivity index (χ2v) is 8.24. The van der Waals surface area contributed by atoms with Crippen molar-refractivity contribution in [3.63, 3.8) is 0 Å². The Morgan fingerprint density at radius 1 is 1.21 bits per heavy atom. The molecular weight excluding hydrogens is 390 g/mol. The number of benzene rings is 1. The first-order valence-corrected chi connectivity index (χ1v) is 10.7. The number of nitrogens with zero attached hydrogens (tertiary/aromatic N) is 3. The van der Waals surface area contributed by atoms with Crippen LogP contribution < -0.4 is 15.8 Å². The first-order valence-electron chi connectivity index (χ1n) is 9.67. The Morgan fingerprint density at radius 3 is 2.79 bits per heavy atom. The number of amidine groups is 1. The minimum Gasteiger partial charge on any atom is -0.468 e. The summed E-state index contributed by atoms with van der Waals surface area (Å²) in [5, 5.41) is 6.80. The van der Waals surface area contributed by atoms with Crippen LogP contribution in [-0.4, -0.2) is 34.6 Å². The van der Waals surface area contributed by atoms with E-state index in [1.54, 1.807) is 18.0 Å². The van der Waals surface area contributed by atoms with E-state index in [4.69, 9.17) is 4.42 Å². The van der Waals surface area contributed by atoms with Gasteiger partial charge in [-0.05, 0) is 36.2 Å². The fourth-order valence-corrected chi connectivity index (χ4v) is 4.81. The summed E-state index contributed by atoms with van der Waals surface area (Å²) < 4.78 is 5.49. The number of furan rings is 1. The second-order valence-electron chi connectivity index (χ2n) is 7.29. The van der Waals surface area contributed by atoms with Crippen molar-refractivity contribution in [3.05, 3.63) is 54.0 Å². The van der Waals surface area contributed by atoms with E-state index in [2.05, 4.69) is 16.0 Å². The molecule has 4 heterocycles. The van der Waals surface area contributed by atoms with Crippen molar-refractivity contribution >= 4 is 34.4 Å². The van der Waals surface area contributed by atoms with Gasteiger partial charge in [0.15, 0.2) is 5.17 Å². The second kappa shape index (κ2) is 7.57. The lowest BCUT2D eigenvalue weighted by Gasteiger charge is -2.29. The molecule has 1 aromatic heterocycles. The molecule has 29 heavy (non-hydrogen) atoms. The van der Waals surface area contributed by atoms with Crippen molar-refractivity contribution in [3.8, 4) is 0 Å². The average Bonchev–Trinajstić information content (AvgIpc) is 3.48. The number of hydrogen-bond donors (Lipinski definition) is 2. The first-order chi connectivity index (χ1) is 14.2.